The van der Waals surface area contributed by atoms with Crippen LogP contribution in [-0.4, -0.2) is 26.8 Å². The first-order chi connectivity index (χ1) is 14.0. The van der Waals surface area contributed by atoms with Crippen molar-refractivity contribution in [2.45, 2.75) is 11.8 Å². The number of hydrogen-bond donors (Lipinski definition) is 0. The molecule has 0 radical (unpaired) electrons. The Balaban J connectivity index is 2.14. The van der Waals surface area contributed by atoms with Crippen molar-refractivity contribution < 1.29 is 13.2 Å². The van der Waals surface area contributed by atoms with E-state index in [1.54, 1.807) is 24.3 Å². The SMILES string of the molecule is CCOC(=N/C(=N/S(=O)(=O)c1ccc(Cl)cc1)c1ccccc1)c1ccccc1. The summed E-state index contributed by atoms with van der Waals surface area (Å²) in [5.41, 5.74) is 1.28. The Labute approximate surface area is 175 Å². The Morgan fingerprint density at radius 1 is 0.862 bits per heavy atom. The van der Waals surface area contributed by atoms with Crippen molar-refractivity contribution in [3.8, 4) is 0 Å². The van der Waals surface area contributed by atoms with Crippen LogP contribution in [0.25, 0.3) is 0 Å². The lowest BCUT2D eigenvalue weighted by Crippen LogP contribution is -2.12. The van der Waals surface area contributed by atoms with Crippen molar-refractivity contribution in [1.29, 1.82) is 0 Å². The van der Waals surface area contributed by atoms with Gasteiger partial charge in [-0.05, 0) is 43.3 Å². The van der Waals surface area contributed by atoms with E-state index in [1.807, 2.05) is 43.3 Å². The second-order valence-electron chi connectivity index (χ2n) is 5.93. The minimum absolute atomic E-state index is 0.0307. The van der Waals surface area contributed by atoms with E-state index in [-0.39, 0.29) is 10.7 Å². The Morgan fingerprint density at radius 3 is 1.97 bits per heavy atom. The summed E-state index contributed by atoms with van der Waals surface area (Å²) in [5.74, 6) is 0.329. The van der Waals surface area contributed by atoms with Crippen LogP contribution in [0.3, 0.4) is 0 Å². The van der Waals surface area contributed by atoms with Gasteiger partial charge in [0.15, 0.2) is 5.84 Å². The maximum Gasteiger partial charge on any atom is 0.284 e. The molecule has 0 N–H and O–H groups in total. The number of ether oxygens (including phenoxy) is 1. The molecule has 0 fully saturated rings. The zero-order valence-corrected chi connectivity index (χ0v) is 17.3. The van der Waals surface area contributed by atoms with E-state index < -0.39 is 10.0 Å². The van der Waals surface area contributed by atoms with Crippen LogP contribution in [-0.2, 0) is 14.8 Å². The van der Waals surface area contributed by atoms with Crippen LogP contribution in [0, 0.1) is 0 Å². The molecule has 3 aromatic rings. The first-order valence-corrected chi connectivity index (χ1v) is 10.7. The van der Waals surface area contributed by atoms with Crippen LogP contribution >= 0.6 is 11.6 Å². The average molecular weight is 427 g/mol. The maximum atomic E-state index is 12.9. The normalized spacial score (nSPS) is 12.6. The number of benzene rings is 3. The van der Waals surface area contributed by atoms with E-state index in [0.29, 0.717) is 23.1 Å². The molecule has 0 unspecified atom stereocenters. The predicted molar refractivity (Wildman–Crippen MR) is 116 cm³/mol. The van der Waals surface area contributed by atoms with Gasteiger partial charge in [-0.2, -0.15) is 13.4 Å². The zero-order valence-electron chi connectivity index (χ0n) is 15.7. The lowest BCUT2D eigenvalue weighted by molar-refractivity contribution is 0.329. The maximum absolute atomic E-state index is 12.9. The molecule has 7 heteroatoms. The van der Waals surface area contributed by atoms with Gasteiger partial charge in [0.2, 0.25) is 5.90 Å². The molecule has 5 nitrogen and oxygen atoms in total. The van der Waals surface area contributed by atoms with E-state index in [1.165, 1.54) is 24.3 Å². The third-order valence-corrected chi connectivity index (χ3v) is 5.39. The summed E-state index contributed by atoms with van der Waals surface area (Å²) in [6.07, 6.45) is 0. The van der Waals surface area contributed by atoms with E-state index in [9.17, 15) is 8.42 Å². The molecular formula is C22H19ClN2O3S. The van der Waals surface area contributed by atoms with Gasteiger partial charge < -0.3 is 4.74 Å². The highest BCUT2D eigenvalue weighted by molar-refractivity contribution is 7.90. The second-order valence-corrected chi connectivity index (χ2v) is 7.97. The van der Waals surface area contributed by atoms with Gasteiger partial charge in [0.25, 0.3) is 10.0 Å². The molecule has 3 rings (SSSR count). The minimum Gasteiger partial charge on any atom is -0.477 e. The molecule has 0 aromatic heterocycles. The molecule has 148 valence electrons. The predicted octanol–water partition coefficient (Wildman–Crippen LogP) is 4.96. The Morgan fingerprint density at radius 2 is 1.41 bits per heavy atom. The molecule has 0 aliphatic rings. The number of halogens is 1. The van der Waals surface area contributed by atoms with Crippen molar-refractivity contribution in [2.75, 3.05) is 6.61 Å². The summed E-state index contributed by atoms with van der Waals surface area (Å²) in [4.78, 5) is 4.50. The quantitative estimate of drug-likeness (QED) is 0.427. The lowest BCUT2D eigenvalue weighted by atomic mass is 10.2. The molecule has 0 aliphatic heterocycles. The number of amidine groups is 1. The van der Waals surface area contributed by atoms with Gasteiger partial charge in [0.1, 0.15) is 0 Å². The van der Waals surface area contributed by atoms with Crippen LogP contribution in [0.15, 0.2) is 99.2 Å². The summed E-state index contributed by atoms with van der Waals surface area (Å²) in [5, 5.41) is 0.442. The van der Waals surface area contributed by atoms with Crippen LogP contribution in [0.4, 0.5) is 0 Å². The molecule has 29 heavy (non-hydrogen) atoms. The molecule has 0 spiro atoms. The number of sulfonamides is 1. The van der Waals surface area contributed by atoms with Crippen LogP contribution in [0.2, 0.25) is 5.02 Å². The summed E-state index contributed by atoms with van der Waals surface area (Å²) >= 11 is 5.87. The minimum atomic E-state index is -4.00. The number of nitrogens with zero attached hydrogens (tertiary/aromatic N) is 2. The third kappa shape index (κ3) is 5.53. The topological polar surface area (TPSA) is 68.1 Å². The van der Waals surface area contributed by atoms with Crippen LogP contribution in [0.5, 0.6) is 0 Å². The smallest absolute Gasteiger partial charge is 0.284 e. The number of aliphatic imine (C=N–C) groups is 1. The third-order valence-electron chi connectivity index (χ3n) is 3.86. The molecule has 0 aliphatic carbocycles. The lowest BCUT2D eigenvalue weighted by Gasteiger charge is -2.09. The zero-order chi connectivity index (χ0) is 20.7. The highest BCUT2D eigenvalue weighted by Gasteiger charge is 2.17. The number of rotatable bonds is 5. The molecule has 0 saturated carbocycles. The number of hydrogen-bond acceptors (Lipinski definition) is 3. The standard InChI is InChI=1S/C22H19ClN2O3S/c1-2-28-22(18-11-7-4-8-12-18)24-21(17-9-5-3-6-10-17)25-29(26,27)20-15-13-19(23)14-16-20/h3-16H,2H2,1H3/b24-22?,25-21+. The average Bonchev–Trinajstić information content (AvgIpc) is 2.74. The Kier molecular flexibility index (Phi) is 6.80. The van der Waals surface area contributed by atoms with Crippen LogP contribution in [0.1, 0.15) is 18.1 Å². The summed E-state index contributed by atoms with van der Waals surface area (Å²) in [6, 6.07) is 24.0. The van der Waals surface area contributed by atoms with Crippen LogP contribution < -0.4 is 0 Å². The fraction of sp³-hybridized carbons (Fsp3) is 0.0909. The summed E-state index contributed by atoms with van der Waals surface area (Å²) in [6.45, 7) is 2.21. The molecular weight excluding hydrogens is 408 g/mol. The van der Waals surface area contributed by atoms with Crippen molar-refractivity contribution in [3.63, 3.8) is 0 Å². The molecule has 0 bridgehead atoms. The van der Waals surface area contributed by atoms with Gasteiger partial charge in [-0.1, -0.05) is 60.1 Å². The molecule has 0 saturated heterocycles. The van der Waals surface area contributed by atoms with E-state index in [0.717, 1.165) is 5.56 Å². The van der Waals surface area contributed by atoms with Gasteiger partial charge in [-0.15, -0.1) is 4.40 Å². The highest BCUT2D eigenvalue weighted by Crippen LogP contribution is 2.18. The molecule has 0 heterocycles. The van der Waals surface area contributed by atoms with Gasteiger partial charge in [0.05, 0.1) is 11.5 Å². The van der Waals surface area contributed by atoms with Crippen molar-refractivity contribution in [2.24, 2.45) is 9.39 Å². The fourth-order valence-corrected chi connectivity index (χ4v) is 3.58. The summed E-state index contributed by atoms with van der Waals surface area (Å²) in [7, 11) is -4.00. The van der Waals surface area contributed by atoms with Crippen molar-refractivity contribution >= 4 is 33.4 Å². The van der Waals surface area contributed by atoms with Gasteiger partial charge in [-0.25, -0.2) is 0 Å². The highest BCUT2D eigenvalue weighted by atomic mass is 35.5. The van der Waals surface area contributed by atoms with Gasteiger partial charge in [0, 0.05) is 16.1 Å². The van der Waals surface area contributed by atoms with Crippen molar-refractivity contribution in [1.82, 2.24) is 0 Å². The van der Waals surface area contributed by atoms with E-state index >= 15 is 0 Å². The van der Waals surface area contributed by atoms with Crippen molar-refractivity contribution in [3.05, 3.63) is 101 Å². The van der Waals surface area contributed by atoms with Gasteiger partial charge in [-0.3, -0.25) is 0 Å². The fourth-order valence-electron chi connectivity index (χ4n) is 2.49. The monoisotopic (exact) mass is 426 g/mol. The van der Waals surface area contributed by atoms with E-state index in [4.69, 9.17) is 16.3 Å². The molecule has 0 atom stereocenters. The van der Waals surface area contributed by atoms with Gasteiger partial charge >= 0.3 is 0 Å². The molecule has 0 amide bonds. The largest absolute Gasteiger partial charge is 0.477 e. The van der Waals surface area contributed by atoms with E-state index in [2.05, 4.69) is 9.39 Å². The second kappa shape index (κ2) is 9.49. The molecule has 3 aromatic carbocycles. The Hall–Kier alpha value is -2.96. The summed E-state index contributed by atoms with van der Waals surface area (Å²) < 4.78 is 35.4. The Bertz CT molecular complexity index is 1110. The first kappa shape index (κ1) is 20.8. The first-order valence-electron chi connectivity index (χ1n) is 8.92.